The second-order valence-electron chi connectivity index (χ2n) is 6.23. The SMILES string of the molecule is Cc1cc(N2CCOC(c3ccccc3Cl)C2)n2nc(C(F)(F)F)nc2n1. The number of benzene rings is 1. The van der Waals surface area contributed by atoms with Gasteiger partial charge in [0.05, 0.1) is 6.61 Å². The molecule has 1 saturated heterocycles. The molecule has 10 heteroatoms. The van der Waals surface area contributed by atoms with E-state index in [1.807, 2.05) is 23.1 Å². The van der Waals surface area contributed by atoms with Crippen LogP contribution in [0.2, 0.25) is 5.02 Å². The zero-order chi connectivity index (χ0) is 19.2. The predicted molar refractivity (Wildman–Crippen MR) is 92.9 cm³/mol. The Bertz CT molecular complexity index is 990. The molecular weight excluding hydrogens is 383 g/mol. The van der Waals surface area contributed by atoms with Crippen LogP contribution in [0.1, 0.15) is 23.2 Å². The molecule has 0 radical (unpaired) electrons. The quantitative estimate of drug-likeness (QED) is 0.660. The second-order valence-corrected chi connectivity index (χ2v) is 6.63. The van der Waals surface area contributed by atoms with Gasteiger partial charge in [0.2, 0.25) is 0 Å². The van der Waals surface area contributed by atoms with E-state index in [4.69, 9.17) is 16.3 Å². The zero-order valence-electron chi connectivity index (χ0n) is 14.2. The van der Waals surface area contributed by atoms with E-state index in [1.54, 1.807) is 19.1 Å². The largest absolute Gasteiger partial charge is 0.453 e. The Kier molecular flexibility index (Phi) is 4.43. The van der Waals surface area contributed by atoms with Crippen molar-refractivity contribution in [1.82, 2.24) is 19.6 Å². The fraction of sp³-hybridized carbons (Fsp3) is 0.353. The fourth-order valence-electron chi connectivity index (χ4n) is 3.09. The number of hydrogen-bond acceptors (Lipinski definition) is 5. The van der Waals surface area contributed by atoms with Gasteiger partial charge in [-0.05, 0) is 13.0 Å². The normalized spacial score (nSPS) is 18.3. The summed E-state index contributed by atoms with van der Waals surface area (Å²) in [5, 5.41) is 4.21. The van der Waals surface area contributed by atoms with Gasteiger partial charge in [-0.2, -0.15) is 22.7 Å². The number of anilines is 1. The van der Waals surface area contributed by atoms with Gasteiger partial charge in [0.15, 0.2) is 0 Å². The summed E-state index contributed by atoms with van der Waals surface area (Å²) in [6.45, 7) is 3.03. The number of morpholine rings is 1. The van der Waals surface area contributed by atoms with E-state index in [0.29, 0.717) is 36.2 Å². The van der Waals surface area contributed by atoms with Gasteiger partial charge in [-0.15, -0.1) is 5.10 Å². The van der Waals surface area contributed by atoms with Crippen molar-refractivity contribution >= 4 is 23.2 Å². The van der Waals surface area contributed by atoms with Crippen LogP contribution in [0, 0.1) is 6.92 Å². The van der Waals surface area contributed by atoms with E-state index in [1.165, 1.54) is 0 Å². The topological polar surface area (TPSA) is 55.6 Å². The van der Waals surface area contributed by atoms with Crippen LogP contribution in [-0.2, 0) is 10.9 Å². The van der Waals surface area contributed by atoms with Gasteiger partial charge in [0.1, 0.15) is 11.9 Å². The maximum absolute atomic E-state index is 13.0. The van der Waals surface area contributed by atoms with Crippen molar-refractivity contribution in [2.75, 3.05) is 24.6 Å². The Balaban J connectivity index is 1.73. The number of ether oxygens (including phenoxy) is 1. The Morgan fingerprint density at radius 2 is 2.00 bits per heavy atom. The lowest BCUT2D eigenvalue weighted by Crippen LogP contribution is -2.39. The maximum Gasteiger partial charge on any atom is 0.453 e. The van der Waals surface area contributed by atoms with Gasteiger partial charge in [-0.25, -0.2) is 4.98 Å². The first-order valence-electron chi connectivity index (χ1n) is 8.25. The van der Waals surface area contributed by atoms with Crippen LogP contribution in [0.25, 0.3) is 5.78 Å². The molecule has 0 bridgehead atoms. The number of halogens is 4. The molecule has 0 aliphatic carbocycles. The Hall–Kier alpha value is -2.39. The molecule has 4 rings (SSSR count). The number of fused-ring (bicyclic) bond motifs is 1. The molecule has 3 heterocycles. The van der Waals surface area contributed by atoms with E-state index in [0.717, 1.165) is 10.1 Å². The van der Waals surface area contributed by atoms with Crippen LogP contribution >= 0.6 is 11.6 Å². The molecule has 27 heavy (non-hydrogen) atoms. The molecule has 0 spiro atoms. The minimum absolute atomic E-state index is 0.0851. The number of hydrogen-bond donors (Lipinski definition) is 0. The first-order valence-corrected chi connectivity index (χ1v) is 8.63. The molecule has 1 atom stereocenters. The minimum Gasteiger partial charge on any atom is -0.370 e. The van der Waals surface area contributed by atoms with Crippen molar-refractivity contribution < 1.29 is 17.9 Å². The lowest BCUT2D eigenvalue weighted by Gasteiger charge is -2.34. The minimum atomic E-state index is -4.63. The highest BCUT2D eigenvalue weighted by atomic mass is 35.5. The smallest absolute Gasteiger partial charge is 0.370 e. The highest BCUT2D eigenvalue weighted by Crippen LogP contribution is 2.32. The number of nitrogens with zero attached hydrogens (tertiary/aromatic N) is 5. The highest BCUT2D eigenvalue weighted by molar-refractivity contribution is 6.31. The first kappa shape index (κ1) is 18.0. The van der Waals surface area contributed by atoms with Gasteiger partial charge < -0.3 is 9.64 Å². The molecule has 0 amide bonds. The maximum atomic E-state index is 13.0. The molecule has 1 unspecified atom stereocenters. The van der Waals surface area contributed by atoms with Crippen molar-refractivity contribution in [3.8, 4) is 0 Å². The van der Waals surface area contributed by atoms with Gasteiger partial charge in [-0.3, -0.25) is 0 Å². The van der Waals surface area contributed by atoms with Crippen LogP contribution in [-0.4, -0.2) is 39.3 Å². The van der Waals surface area contributed by atoms with Crippen LogP contribution in [0.5, 0.6) is 0 Å². The fourth-order valence-corrected chi connectivity index (χ4v) is 3.35. The van der Waals surface area contributed by atoms with Gasteiger partial charge >= 0.3 is 6.18 Å². The molecule has 0 saturated carbocycles. The lowest BCUT2D eigenvalue weighted by molar-refractivity contribution is -0.144. The summed E-state index contributed by atoms with van der Waals surface area (Å²) in [6.07, 6.45) is -4.94. The average molecular weight is 398 g/mol. The lowest BCUT2D eigenvalue weighted by atomic mass is 10.1. The van der Waals surface area contributed by atoms with Crippen LogP contribution in [0.3, 0.4) is 0 Å². The summed E-state index contributed by atoms with van der Waals surface area (Å²) in [5.74, 6) is -0.809. The van der Waals surface area contributed by atoms with Gasteiger partial charge in [-0.1, -0.05) is 29.8 Å². The number of rotatable bonds is 2. The monoisotopic (exact) mass is 397 g/mol. The van der Waals surface area contributed by atoms with Gasteiger partial charge in [0.25, 0.3) is 11.6 Å². The van der Waals surface area contributed by atoms with E-state index < -0.39 is 12.0 Å². The summed E-state index contributed by atoms with van der Waals surface area (Å²) in [5.41, 5.74) is 1.39. The second kappa shape index (κ2) is 6.65. The van der Waals surface area contributed by atoms with Crippen LogP contribution in [0.15, 0.2) is 30.3 Å². The zero-order valence-corrected chi connectivity index (χ0v) is 15.0. The van der Waals surface area contributed by atoms with E-state index >= 15 is 0 Å². The van der Waals surface area contributed by atoms with Crippen molar-refractivity contribution in [2.24, 2.45) is 0 Å². The predicted octanol–water partition coefficient (Wildman–Crippen LogP) is 3.68. The average Bonchev–Trinajstić information content (AvgIpc) is 3.06. The summed E-state index contributed by atoms with van der Waals surface area (Å²) in [4.78, 5) is 9.51. The molecule has 6 nitrogen and oxygen atoms in total. The van der Waals surface area contributed by atoms with Crippen LogP contribution < -0.4 is 4.90 Å². The Morgan fingerprint density at radius 1 is 1.22 bits per heavy atom. The molecule has 1 aliphatic heterocycles. The summed E-state index contributed by atoms with van der Waals surface area (Å²) in [6, 6.07) is 9.04. The highest BCUT2D eigenvalue weighted by Gasteiger charge is 2.37. The molecule has 1 fully saturated rings. The summed E-state index contributed by atoms with van der Waals surface area (Å²) < 4.78 is 46.0. The molecule has 1 aliphatic rings. The van der Waals surface area contributed by atoms with Crippen molar-refractivity contribution in [1.29, 1.82) is 0 Å². The third-order valence-electron chi connectivity index (χ3n) is 4.32. The standard InChI is InChI=1S/C17H15ClF3N5O/c1-10-8-14(26-16(22-10)23-15(24-26)17(19,20)21)25-6-7-27-13(9-25)11-4-2-3-5-12(11)18/h2-5,8,13H,6-7,9H2,1H3. The van der Waals surface area contributed by atoms with E-state index in [2.05, 4.69) is 15.1 Å². The summed E-state index contributed by atoms with van der Waals surface area (Å²) >= 11 is 6.26. The number of aryl methyl sites for hydroxylation is 1. The third-order valence-corrected chi connectivity index (χ3v) is 4.66. The molecular formula is C17H15ClF3N5O. The van der Waals surface area contributed by atoms with Gasteiger partial charge in [0, 0.05) is 35.4 Å². The van der Waals surface area contributed by atoms with E-state index in [9.17, 15) is 13.2 Å². The molecule has 0 N–H and O–H groups in total. The van der Waals surface area contributed by atoms with Crippen molar-refractivity contribution in [3.05, 3.63) is 52.4 Å². The molecule has 142 valence electrons. The van der Waals surface area contributed by atoms with Crippen molar-refractivity contribution in [2.45, 2.75) is 19.2 Å². The summed E-state index contributed by atoms with van der Waals surface area (Å²) in [7, 11) is 0. The molecule has 1 aromatic carbocycles. The van der Waals surface area contributed by atoms with Crippen LogP contribution in [0.4, 0.5) is 19.0 Å². The number of alkyl halides is 3. The Labute approximate surface area is 157 Å². The van der Waals surface area contributed by atoms with Crippen molar-refractivity contribution in [3.63, 3.8) is 0 Å². The number of aromatic nitrogens is 4. The van der Waals surface area contributed by atoms with E-state index in [-0.39, 0.29) is 11.9 Å². The molecule has 3 aromatic rings. The Morgan fingerprint density at radius 3 is 2.74 bits per heavy atom. The third kappa shape index (κ3) is 3.44. The molecule has 2 aromatic heterocycles. The first-order chi connectivity index (χ1) is 12.8.